The summed E-state index contributed by atoms with van der Waals surface area (Å²) < 4.78 is 12.1. The van der Waals surface area contributed by atoms with Crippen molar-refractivity contribution in [3.8, 4) is 0 Å². The first kappa shape index (κ1) is 29.8. The normalized spacial score (nSPS) is 14.1. The molecule has 8 heteroatoms. The molecule has 0 aromatic rings. The molecule has 0 fully saturated rings. The summed E-state index contributed by atoms with van der Waals surface area (Å²) in [5.74, 6) is 4.17. The van der Waals surface area contributed by atoms with Gasteiger partial charge in [0.1, 0.15) is 0 Å². The SMILES string of the molecule is CCO[SiH](CCCSSSSCCC[SiH](CCC(C)C)OCC)CCC(C)C. The lowest BCUT2D eigenvalue weighted by molar-refractivity contribution is 0.337. The standard InChI is InChI=1S/C20H46O2S4Si2/c1-7-21-27(17-11-19(3)4)15-9-13-23-25-26-24-14-10-16-28(22-8-2)18-12-20(5)6/h19-20,27-28H,7-18H2,1-6H3. The van der Waals surface area contributed by atoms with Gasteiger partial charge in [0.05, 0.1) is 0 Å². The quantitative estimate of drug-likeness (QED) is 0.0891. The minimum atomic E-state index is -0.936. The number of rotatable bonds is 21. The van der Waals surface area contributed by atoms with Gasteiger partial charge in [-0.3, -0.25) is 0 Å². The van der Waals surface area contributed by atoms with Gasteiger partial charge in [-0.25, -0.2) is 0 Å². The summed E-state index contributed by atoms with van der Waals surface area (Å²) in [6, 6.07) is 5.42. The largest absolute Gasteiger partial charge is 0.420 e. The third-order valence-corrected chi connectivity index (χ3v) is 16.9. The molecule has 2 unspecified atom stereocenters. The summed E-state index contributed by atoms with van der Waals surface area (Å²) in [5.41, 5.74) is 0. The molecule has 0 spiro atoms. The molecule has 0 N–H and O–H groups in total. The Labute approximate surface area is 195 Å². The Balaban J connectivity index is 3.56. The lowest BCUT2D eigenvalue weighted by Crippen LogP contribution is -2.18. The van der Waals surface area contributed by atoms with Crippen molar-refractivity contribution >= 4 is 59.3 Å². The average Bonchev–Trinajstić information content (AvgIpc) is 2.65. The third kappa shape index (κ3) is 21.0. The molecule has 2 nitrogen and oxygen atoms in total. The van der Waals surface area contributed by atoms with Crippen LogP contribution >= 0.6 is 41.2 Å². The number of hydrogen-bond acceptors (Lipinski definition) is 6. The Morgan fingerprint density at radius 1 is 0.643 bits per heavy atom. The van der Waals surface area contributed by atoms with Crippen LogP contribution in [0.5, 0.6) is 0 Å². The van der Waals surface area contributed by atoms with Crippen molar-refractivity contribution in [1.29, 1.82) is 0 Å². The zero-order chi connectivity index (χ0) is 21.0. The van der Waals surface area contributed by atoms with Crippen molar-refractivity contribution in [1.82, 2.24) is 0 Å². The van der Waals surface area contributed by atoms with E-state index in [4.69, 9.17) is 8.85 Å². The first-order valence-electron chi connectivity index (χ1n) is 11.3. The van der Waals surface area contributed by atoms with Crippen molar-refractivity contribution in [2.75, 3.05) is 24.7 Å². The van der Waals surface area contributed by atoms with Crippen molar-refractivity contribution in [3.05, 3.63) is 0 Å². The zero-order valence-electron chi connectivity index (χ0n) is 19.2. The van der Waals surface area contributed by atoms with E-state index < -0.39 is 18.1 Å². The molecule has 0 radical (unpaired) electrons. The maximum atomic E-state index is 6.04. The van der Waals surface area contributed by atoms with Crippen LogP contribution in [-0.2, 0) is 8.85 Å². The molecule has 0 aliphatic carbocycles. The molecule has 0 aliphatic heterocycles. The van der Waals surface area contributed by atoms with Gasteiger partial charge in [0.25, 0.3) is 0 Å². The van der Waals surface area contributed by atoms with E-state index >= 15 is 0 Å². The summed E-state index contributed by atoms with van der Waals surface area (Å²) in [6.07, 6.45) is 5.34. The molecule has 0 saturated heterocycles. The molecule has 0 aromatic carbocycles. The Hall–Kier alpha value is 1.75. The third-order valence-electron chi connectivity index (χ3n) is 4.57. The van der Waals surface area contributed by atoms with Gasteiger partial charge in [-0.1, -0.05) is 62.1 Å². The lowest BCUT2D eigenvalue weighted by atomic mass is 10.2. The molecule has 0 heterocycles. The van der Waals surface area contributed by atoms with Crippen LogP contribution in [-0.4, -0.2) is 42.8 Å². The van der Waals surface area contributed by atoms with Crippen LogP contribution in [0.3, 0.4) is 0 Å². The Bertz CT molecular complexity index is 297. The van der Waals surface area contributed by atoms with Crippen molar-refractivity contribution < 1.29 is 8.85 Å². The second kappa shape index (κ2) is 22.0. The first-order chi connectivity index (χ1) is 13.5. The van der Waals surface area contributed by atoms with Crippen molar-refractivity contribution in [2.45, 2.75) is 91.4 Å². The molecule has 170 valence electrons. The fourth-order valence-corrected chi connectivity index (χ4v) is 15.3. The topological polar surface area (TPSA) is 18.5 Å². The monoisotopic (exact) mass is 502 g/mol. The van der Waals surface area contributed by atoms with Crippen LogP contribution in [0.2, 0.25) is 24.2 Å². The molecule has 0 aromatic heterocycles. The van der Waals surface area contributed by atoms with Gasteiger partial charge in [0, 0.05) is 24.7 Å². The minimum Gasteiger partial charge on any atom is -0.420 e. The van der Waals surface area contributed by atoms with Gasteiger partial charge in [0.2, 0.25) is 0 Å². The van der Waals surface area contributed by atoms with E-state index in [1.54, 1.807) is 0 Å². The molecular formula is C20H46O2S4Si2. The van der Waals surface area contributed by atoms with Gasteiger partial charge in [-0.2, -0.15) is 0 Å². The highest BCUT2D eigenvalue weighted by molar-refractivity contribution is 9.26. The van der Waals surface area contributed by atoms with E-state index in [2.05, 4.69) is 41.5 Å². The molecule has 28 heavy (non-hydrogen) atoms. The van der Waals surface area contributed by atoms with Crippen LogP contribution < -0.4 is 0 Å². The minimum absolute atomic E-state index is 0.815. The summed E-state index contributed by atoms with van der Waals surface area (Å²) in [7, 11) is 6.13. The van der Waals surface area contributed by atoms with E-state index in [-0.39, 0.29) is 0 Å². The van der Waals surface area contributed by atoms with E-state index in [1.807, 2.05) is 41.2 Å². The molecule has 0 bridgehead atoms. The van der Waals surface area contributed by atoms with Crippen molar-refractivity contribution in [2.24, 2.45) is 11.8 Å². The highest BCUT2D eigenvalue weighted by Crippen LogP contribution is 2.43. The van der Waals surface area contributed by atoms with E-state index in [0.717, 1.165) is 25.0 Å². The second-order valence-electron chi connectivity index (χ2n) is 8.16. The highest BCUT2D eigenvalue weighted by Gasteiger charge is 2.13. The van der Waals surface area contributed by atoms with Gasteiger partial charge in [-0.15, -0.1) is 0 Å². The highest BCUT2D eigenvalue weighted by atomic mass is 33.7. The molecule has 0 rings (SSSR count). The maximum Gasteiger partial charge on any atom is 0.176 e. The summed E-state index contributed by atoms with van der Waals surface area (Å²) in [4.78, 5) is 0. The van der Waals surface area contributed by atoms with Gasteiger partial charge < -0.3 is 8.85 Å². The van der Waals surface area contributed by atoms with Crippen LogP contribution in [0.25, 0.3) is 0 Å². The average molecular weight is 503 g/mol. The smallest absolute Gasteiger partial charge is 0.176 e. The predicted molar refractivity (Wildman–Crippen MR) is 145 cm³/mol. The van der Waals surface area contributed by atoms with E-state index in [0.29, 0.717) is 0 Å². The van der Waals surface area contributed by atoms with Gasteiger partial charge >= 0.3 is 0 Å². The maximum absolute atomic E-state index is 6.04. The molecule has 0 saturated carbocycles. The summed E-state index contributed by atoms with van der Waals surface area (Å²) >= 11 is 0. The van der Waals surface area contributed by atoms with Crippen molar-refractivity contribution in [3.63, 3.8) is 0 Å². The van der Waals surface area contributed by atoms with E-state index in [1.165, 1.54) is 61.4 Å². The van der Waals surface area contributed by atoms with Crippen LogP contribution in [0.4, 0.5) is 0 Å². The molecule has 0 amide bonds. The van der Waals surface area contributed by atoms with Gasteiger partial charge in [-0.05, 0) is 82.4 Å². The molecule has 2 atom stereocenters. The summed E-state index contributed by atoms with van der Waals surface area (Å²) in [6.45, 7) is 15.4. The van der Waals surface area contributed by atoms with Gasteiger partial charge in [0.15, 0.2) is 18.1 Å². The summed E-state index contributed by atoms with van der Waals surface area (Å²) in [5, 5.41) is 0. The fourth-order valence-electron chi connectivity index (χ4n) is 2.98. The molecule has 0 aliphatic rings. The van der Waals surface area contributed by atoms with E-state index in [9.17, 15) is 0 Å². The van der Waals surface area contributed by atoms with Crippen LogP contribution in [0, 0.1) is 11.8 Å². The van der Waals surface area contributed by atoms with Crippen LogP contribution in [0.15, 0.2) is 0 Å². The lowest BCUT2D eigenvalue weighted by Gasteiger charge is -2.16. The second-order valence-corrected chi connectivity index (χ2v) is 19.9. The first-order valence-corrected chi connectivity index (χ1v) is 20.7. The Morgan fingerprint density at radius 3 is 1.36 bits per heavy atom. The Kier molecular flexibility index (Phi) is 23.3. The predicted octanol–water partition coefficient (Wildman–Crippen LogP) is 8.06. The fraction of sp³-hybridized carbons (Fsp3) is 1.00. The zero-order valence-corrected chi connectivity index (χ0v) is 24.8. The van der Waals surface area contributed by atoms with Crippen LogP contribution in [0.1, 0.15) is 67.2 Å². The number of hydrogen-bond donors (Lipinski definition) is 0. The Morgan fingerprint density at radius 2 is 1.04 bits per heavy atom. The molecular weight excluding hydrogens is 457 g/mol.